The zero-order chi connectivity index (χ0) is 20.6. The lowest BCUT2D eigenvalue weighted by molar-refractivity contribution is -0.136. The maximum Gasteiger partial charge on any atom is 0.264 e. The van der Waals surface area contributed by atoms with Gasteiger partial charge in [0.1, 0.15) is 5.75 Å². The molecule has 0 saturated carbocycles. The number of phenolic OH excluding ortho intramolecular Hbond substituents is 1. The number of rotatable bonds is 5. The standard InChI is InChI=1S/C23H18ClNO4/c24-18-10-4-1-7-15(18)14-25-19-11-5-3-9-17(19)23(29,22(25)28)13-21(27)16-8-2-6-12-20(16)26/h1-12,26,29H,13-14H2/t23-/m1/s1. The van der Waals surface area contributed by atoms with E-state index in [-0.39, 0.29) is 17.9 Å². The number of benzene rings is 3. The summed E-state index contributed by atoms with van der Waals surface area (Å²) in [5.74, 6) is -1.30. The number of hydrogen-bond acceptors (Lipinski definition) is 4. The van der Waals surface area contributed by atoms with Crippen molar-refractivity contribution in [3.05, 3.63) is 94.5 Å². The van der Waals surface area contributed by atoms with E-state index in [1.54, 1.807) is 48.5 Å². The SMILES string of the molecule is O=C(C[C@]1(O)C(=O)N(Cc2ccccc2Cl)c2ccccc21)c1ccccc1O. The first-order valence-electron chi connectivity index (χ1n) is 9.10. The van der Waals surface area contributed by atoms with Crippen LogP contribution in [0, 0.1) is 0 Å². The van der Waals surface area contributed by atoms with Crippen molar-refractivity contribution >= 4 is 29.0 Å². The lowest BCUT2D eigenvalue weighted by Crippen LogP contribution is -2.41. The summed E-state index contributed by atoms with van der Waals surface area (Å²) in [5.41, 5.74) is -0.327. The second-order valence-electron chi connectivity index (χ2n) is 6.98. The normalized spacial score (nSPS) is 18.0. The number of amides is 1. The predicted molar refractivity (Wildman–Crippen MR) is 110 cm³/mol. The summed E-state index contributed by atoms with van der Waals surface area (Å²) in [6, 6.07) is 20.1. The van der Waals surface area contributed by atoms with Gasteiger partial charge in [0.15, 0.2) is 11.4 Å². The number of halogens is 1. The summed E-state index contributed by atoms with van der Waals surface area (Å²) in [6.07, 6.45) is -0.473. The van der Waals surface area contributed by atoms with E-state index in [4.69, 9.17) is 11.6 Å². The Morgan fingerprint density at radius 3 is 2.38 bits per heavy atom. The molecule has 4 rings (SSSR count). The van der Waals surface area contributed by atoms with Gasteiger partial charge in [0.05, 0.1) is 24.2 Å². The Balaban J connectivity index is 1.71. The molecule has 1 amide bonds. The first-order valence-corrected chi connectivity index (χ1v) is 9.48. The lowest BCUT2D eigenvalue weighted by atomic mass is 9.88. The number of aromatic hydroxyl groups is 1. The number of phenols is 1. The van der Waals surface area contributed by atoms with E-state index >= 15 is 0 Å². The van der Waals surface area contributed by atoms with E-state index in [2.05, 4.69) is 0 Å². The van der Waals surface area contributed by atoms with Crippen LogP contribution >= 0.6 is 11.6 Å². The topological polar surface area (TPSA) is 77.8 Å². The largest absolute Gasteiger partial charge is 0.507 e. The predicted octanol–water partition coefficient (Wildman–Crippen LogP) is 4.05. The molecule has 0 spiro atoms. The Labute approximate surface area is 172 Å². The van der Waals surface area contributed by atoms with Crippen molar-refractivity contribution < 1.29 is 19.8 Å². The third-order valence-corrected chi connectivity index (χ3v) is 5.52. The van der Waals surface area contributed by atoms with Crippen LogP contribution in [0.3, 0.4) is 0 Å². The minimum Gasteiger partial charge on any atom is -0.507 e. The molecule has 3 aromatic carbocycles. The zero-order valence-corrected chi connectivity index (χ0v) is 16.1. The minimum atomic E-state index is -2.02. The Kier molecular flexibility index (Phi) is 4.86. The molecule has 146 valence electrons. The summed E-state index contributed by atoms with van der Waals surface area (Å²) >= 11 is 6.25. The molecule has 29 heavy (non-hydrogen) atoms. The number of Topliss-reactive ketones (excluding diaryl/α,β-unsaturated/α-hetero) is 1. The van der Waals surface area contributed by atoms with Crippen LogP contribution in [0.25, 0.3) is 0 Å². The molecule has 5 nitrogen and oxygen atoms in total. The average Bonchev–Trinajstić information content (AvgIpc) is 2.92. The summed E-state index contributed by atoms with van der Waals surface area (Å²) < 4.78 is 0. The van der Waals surface area contributed by atoms with Crippen LogP contribution in [0.15, 0.2) is 72.8 Å². The van der Waals surface area contributed by atoms with Gasteiger partial charge < -0.3 is 15.1 Å². The third-order valence-electron chi connectivity index (χ3n) is 5.15. The number of fused-ring (bicyclic) bond motifs is 1. The van der Waals surface area contributed by atoms with Crippen molar-refractivity contribution in [2.45, 2.75) is 18.6 Å². The van der Waals surface area contributed by atoms with Gasteiger partial charge in [-0.05, 0) is 29.8 Å². The van der Waals surface area contributed by atoms with Gasteiger partial charge in [0.25, 0.3) is 5.91 Å². The van der Waals surface area contributed by atoms with Crippen molar-refractivity contribution in [2.75, 3.05) is 4.90 Å². The highest BCUT2D eigenvalue weighted by Crippen LogP contribution is 2.44. The van der Waals surface area contributed by atoms with E-state index in [0.29, 0.717) is 16.3 Å². The number of para-hydroxylation sites is 2. The summed E-state index contributed by atoms with van der Waals surface area (Å²) in [4.78, 5) is 27.5. The van der Waals surface area contributed by atoms with Gasteiger partial charge in [-0.2, -0.15) is 0 Å². The number of nitrogens with zero attached hydrogens (tertiary/aromatic N) is 1. The van der Waals surface area contributed by atoms with Gasteiger partial charge in [0, 0.05) is 10.6 Å². The fraction of sp³-hybridized carbons (Fsp3) is 0.130. The van der Waals surface area contributed by atoms with Gasteiger partial charge in [-0.25, -0.2) is 0 Å². The fourth-order valence-corrected chi connectivity index (χ4v) is 3.86. The Morgan fingerprint density at radius 1 is 0.966 bits per heavy atom. The number of hydrogen-bond donors (Lipinski definition) is 2. The number of carbonyl (C=O) groups excluding carboxylic acids is 2. The molecule has 0 aliphatic carbocycles. The highest BCUT2D eigenvalue weighted by Gasteiger charge is 2.51. The molecule has 6 heteroatoms. The van der Waals surface area contributed by atoms with Crippen LogP contribution in [-0.4, -0.2) is 21.9 Å². The average molecular weight is 408 g/mol. The van der Waals surface area contributed by atoms with Crippen LogP contribution in [0.5, 0.6) is 5.75 Å². The van der Waals surface area contributed by atoms with E-state index < -0.39 is 23.7 Å². The summed E-state index contributed by atoms with van der Waals surface area (Å²) in [6.45, 7) is 0.169. The maximum atomic E-state index is 13.3. The summed E-state index contributed by atoms with van der Waals surface area (Å²) in [5, 5.41) is 21.8. The third kappa shape index (κ3) is 3.28. The second kappa shape index (κ2) is 7.35. The van der Waals surface area contributed by atoms with Crippen LogP contribution in [0.1, 0.15) is 27.9 Å². The van der Waals surface area contributed by atoms with Crippen molar-refractivity contribution in [3.8, 4) is 5.75 Å². The molecule has 0 saturated heterocycles. The monoisotopic (exact) mass is 407 g/mol. The molecule has 1 heterocycles. The molecule has 0 radical (unpaired) electrons. The van der Waals surface area contributed by atoms with Crippen LogP contribution in [-0.2, 0) is 16.9 Å². The molecule has 2 N–H and O–H groups in total. The molecule has 3 aromatic rings. The molecule has 1 aliphatic rings. The quantitative estimate of drug-likeness (QED) is 0.625. The lowest BCUT2D eigenvalue weighted by Gasteiger charge is -2.23. The minimum absolute atomic E-state index is 0.0655. The van der Waals surface area contributed by atoms with Crippen LogP contribution < -0.4 is 4.90 Å². The fourth-order valence-electron chi connectivity index (χ4n) is 3.67. The molecule has 0 fully saturated rings. The van der Waals surface area contributed by atoms with Crippen LogP contribution in [0.2, 0.25) is 5.02 Å². The second-order valence-corrected chi connectivity index (χ2v) is 7.38. The molecular formula is C23H18ClNO4. The van der Waals surface area contributed by atoms with Crippen LogP contribution in [0.4, 0.5) is 5.69 Å². The molecule has 0 unspecified atom stereocenters. The number of carbonyl (C=O) groups is 2. The molecule has 0 aromatic heterocycles. The van der Waals surface area contributed by atoms with E-state index in [1.165, 1.54) is 17.0 Å². The number of ketones is 1. The van der Waals surface area contributed by atoms with Gasteiger partial charge in [-0.15, -0.1) is 0 Å². The Morgan fingerprint density at radius 2 is 1.62 bits per heavy atom. The van der Waals surface area contributed by atoms with Gasteiger partial charge in [-0.3, -0.25) is 9.59 Å². The van der Waals surface area contributed by atoms with Crippen molar-refractivity contribution in [2.24, 2.45) is 0 Å². The van der Waals surface area contributed by atoms with Gasteiger partial charge in [0.2, 0.25) is 0 Å². The molecule has 1 atom stereocenters. The zero-order valence-electron chi connectivity index (χ0n) is 15.4. The van der Waals surface area contributed by atoms with Gasteiger partial charge >= 0.3 is 0 Å². The molecular weight excluding hydrogens is 390 g/mol. The summed E-state index contributed by atoms with van der Waals surface area (Å²) in [7, 11) is 0. The number of aliphatic hydroxyl groups is 1. The van der Waals surface area contributed by atoms with E-state index in [1.807, 2.05) is 12.1 Å². The Hall–Kier alpha value is -3.15. The Bertz CT molecular complexity index is 1110. The number of anilines is 1. The van der Waals surface area contributed by atoms with Gasteiger partial charge in [-0.1, -0.05) is 60.1 Å². The molecule has 1 aliphatic heterocycles. The highest BCUT2D eigenvalue weighted by molar-refractivity contribution is 6.31. The smallest absolute Gasteiger partial charge is 0.264 e. The molecule has 0 bridgehead atoms. The van der Waals surface area contributed by atoms with E-state index in [0.717, 1.165) is 5.56 Å². The highest BCUT2D eigenvalue weighted by atomic mass is 35.5. The first kappa shape index (κ1) is 19.2. The van der Waals surface area contributed by atoms with E-state index in [9.17, 15) is 19.8 Å². The van der Waals surface area contributed by atoms with Crippen molar-refractivity contribution in [1.82, 2.24) is 0 Å². The van der Waals surface area contributed by atoms with Crippen molar-refractivity contribution in [3.63, 3.8) is 0 Å². The van der Waals surface area contributed by atoms with Crippen molar-refractivity contribution in [1.29, 1.82) is 0 Å². The first-order chi connectivity index (χ1) is 13.9. The maximum absolute atomic E-state index is 13.3.